The molecule has 0 aliphatic rings. The summed E-state index contributed by atoms with van der Waals surface area (Å²) in [5.41, 5.74) is -1.94. The van der Waals surface area contributed by atoms with E-state index >= 15 is 0 Å². The minimum absolute atomic E-state index is 0.183. The van der Waals surface area contributed by atoms with E-state index in [-0.39, 0.29) is 5.69 Å². The Hall–Kier alpha value is -1.81. The van der Waals surface area contributed by atoms with Crippen LogP contribution in [0, 0.1) is 0 Å². The van der Waals surface area contributed by atoms with Crippen molar-refractivity contribution in [2.75, 3.05) is 12.0 Å². The molecule has 0 aliphatic carbocycles. The smallest absolute Gasteiger partial charge is 0.416 e. The molecule has 2 N–H and O–H groups in total. The second kappa shape index (κ2) is 5.89. The summed E-state index contributed by atoms with van der Waals surface area (Å²) in [6, 6.07) is 2.00. The Morgan fingerprint density at radius 3 is 2.47 bits per heavy atom. The molecule has 1 rings (SSSR count). The molecule has 0 radical (unpaired) electrons. The lowest BCUT2D eigenvalue weighted by atomic mass is 10.1. The van der Waals surface area contributed by atoms with E-state index < -0.39 is 41.0 Å². The van der Waals surface area contributed by atoms with Gasteiger partial charge in [-0.2, -0.15) is 13.2 Å². The van der Waals surface area contributed by atoms with E-state index in [9.17, 15) is 26.4 Å². The largest absolute Gasteiger partial charge is 0.478 e. The fraction of sp³-hybridized carbons (Fsp3) is 0.222. The molecule has 0 spiro atoms. The first-order chi connectivity index (χ1) is 8.71. The summed E-state index contributed by atoms with van der Waals surface area (Å²) in [6.45, 7) is -0.579. The molecule has 19 heavy (non-hydrogen) atoms. The number of aromatic carboxylic acids is 1. The molecule has 1 aromatic rings. The van der Waals surface area contributed by atoms with Gasteiger partial charge in [0.05, 0.1) is 16.8 Å². The second-order valence-electron chi connectivity index (χ2n) is 3.24. The molecule has 10 heteroatoms. The number of nitrogens with one attached hydrogen (secondary N) is 1. The normalized spacial score (nSPS) is 11.6. The molecular formula is C9H8F3NO5S. The van der Waals surface area contributed by atoms with Crippen LogP contribution in [0.25, 0.3) is 0 Å². The van der Waals surface area contributed by atoms with Crippen molar-refractivity contribution in [3.63, 3.8) is 0 Å². The average molecular weight is 299 g/mol. The van der Waals surface area contributed by atoms with Gasteiger partial charge in [-0.1, -0.05) is 0 Å². The Morgan fingerprint density at radius 1 is 1.37 bits per heavy atom. The molecule has 106 valence electrons. The first-order valence-electron chi connectivity index (χ1n) is 4.67. The number of hydrogen-bond donors (Lipinski definition) is 3. The highest BCUT2D eigenvalue weighted by molar-refractivity contribution is 7.67. The molecule has 0 unspecified atom stereocenters. The lowest BCUT2D eigenvalue weighted by Gasteiger charge is -2.12. The first-order valence-corrected chi connectivity index (χ1v) is 5.77. The van der Waals surface area contributed by atoms with Crippen LogP contribution in [0.4, 0.5) is 18.9 Å². The topological polar surface area (TPSA) is 92.7 Å². The van der Waals surface area contributed by atoms with Crippen molar-refractivity contribution in [2.24, 2.45) is 0 Å². The summed E-state index contributed by atoms with van der Waals surface area (Å²) < 4.78 is 61.5. The zero-order valence-corrected chi connectivity index (χ0v) is 9.99. The van der Waals surface area contributed by atoms with Gasteiger partial charge in [-0.15, -0.1) is 0 Å². The SMILES string of the molecule is O=C(O)c1cc(C(F)(F)F)ccc1NCO[SH](=O)=O. The first kappa shape index (κ1) is 15.2. The highest BCUT2D eigenvalue weighted by atomic mass is 32.2. The fourth-order valence-electron chi connectivity index (χ4n) is 1.21. The van der Waals surface area contributed by atoms with Crippen LogP contribution < -0.4 is 5.32 Å². The predicted octanol–water partition coefficient (Wildman–Crippen LogP) is 1.32. The summed E-state index contributed by atoms with van der Waals surface area (Å²) in [5, 5.41) is 11.0. The molecule has 0 fully saturated rings. The van der Waals surface area contributed by atoms with E-state index in [1.807, 2.05) is 0 Å². The highest BCUT2D eigenvalue weighted by Gasteiger charge is 2.31. The summed E-state index contributed by atoms with van der Waals surface area (Å²) in [7, 11) is -3.14. The number of alkyl halides is 3. The van der Waals surface area contributed by atoms with E-state index in [2.05, 4.69) is 9.50 Å². The monoisotopic (exact) mass is 299 g/mol. The van der Waals surface area contributed by atoms with Crippen LogP contribution in [0.1, 0.15) is 15.9 Å². The Labute approximate surface area is 107 Å². The lowest BCUT2D eigenvalue weighted by molar-refractivity contribution is -0.137. The molecule has 6 nitrogen and oxygen atoms in total. The number of halogens is 3. The average Bonchev–Trinajstić information content (AvgIpc) is 2.27. The predicted molar refractivity (Wildman–Crippen MR) is 58.3 cm³/mol. The molecule has 0 aromatic heterocycles. The number of carboxylic acid groups (broad SMARTS) is 1. The zero-order valence-electron chi connectivity index (χ0n) is 9.10. The maximum atomic E-state index is 12.4. The van der Waals surface area contributed by atoms with E-state index in [4.69, 9.17) is 5.11 Å². The van der Waals surface area contributed by atoms with E-state index in [0.29, 0.717) is 12.1 Å². The summed E-state index contributed by atoms with van der Waals surface area (Å²) in [4.78, 5) is 10.8. The van der Waals surface area contributed by atoms with Crippen molar-refractivity contribution in [3.8, 4) is 0 Å². The minimum Gasteiger partial charge on any atom is -0.478 e. The van der Waals surface area contributed by atoms with Crippen LogP contribution in [-0.2, 0) is 21.3 Å². The third-order valence-electron chi connectivity index (χ3n) is 2.01. The van der Waals surface area contributed by atoms with Crippen LogP contribution in [0.3, 0.4) is 0 Å². The number of thiol groups is 1. The van der Waals surface area contributed by atoms with E-state index in [0.717, 1.165) is 6.07 Å². The van der Waals surface area contributed by atoms with Crippen molar-refractivity contribution in [2.45, 2.75) is 6.18 Å². The van der Waals surface area contributed by atoms with Crippen molar-refractivity contribution in [1.82, 2.24) is 0 Å². The van der Waals surface area contributed by atoms with Gasteiger partial charge in [-0.05, 0) is 18.2 Å². The van der Waals surface area contributed by atoms with Gasteiger partial charge in [-0.3, -0.25) is 4.18 Å². The van der Waals surface area contributed by atoms with Crippen molar-refractivity contribution in [3.05, 3.63) is 29.3 Å². The number of benzene rings is 1. The Morgan fingerprint density at radius 2 is 2.00 bits per heavy atom. The van der Waals surface area contributed by atoms with Crippen LogP contribution >= 0.6 is 0 Å². The highest BCUT2D eigenvalue weighted by Crippen LogP contribution is 2.31. The molecule has 0 heterocycles. The number of hydrogen-bond acceptors (Lipinski definition) is 5. The van der Waals surface area contributed by atoms with Gasteiger partial charge in [0, 0.05) is 0 Å². The summed E-state index contributed by atoms with van der Waals surface area (Å²) in [5.74, 6) is -1.58. The Balaban J connectivity index is 3.02. The third-order valence-corrected chi connectivity index (χ3v) is 2.35. The Bertz CT molecular complexity index is 547. The van der Waals surface area contributed by atoms with Gasteiger partial charge in [0.25, 0.3) is 11.0 Å². The third kappa shape index (κ3) is 4.41. The molecule has 0 atom stereocenters. The quantitative estimate of drug-likeness (QED) is 0.561. The summed E-state index contributed by atoms with van der Waals surface area (Å²) in [6.07, 6.45) is -4.67. The molecule has 0 saturated carbocycles. The van der Waals surface area contributed by atoms with Crippen LogP contribution in [0.15, 0.2) is 18.2 Å². The molecule has 0 bridgehead atoms. The van der Waals surface area contributed by atoms with Gasteiger partial charge >= 0.3 is 12.1 Å². The van der Waals surface area contributed by atoms with Crippen LogP contribution in [0.2, 0.25) is 0 Å². The second-order valence-corrected chi connectivity index (χ2v) is 3.94. The fourth-order valence-corrected chi connectivity index (χ4v) is 1.38. The maximum absolute atomic E-state index is 12.4. The van der Waals surface area contributed by atoms with Crippen molar-refractivity contribution < 1.29 is 35.7 Å². The van der Waals surface area contributed by atoms with E-state index in [1.54, 1.807) is 0 Å². The minimum atomic E-state index is -4.67. The van der Waals surface area contributed by atoms with Crippen LogP contribution in [0.5, 0.6) is 0 Å². The van der Waals surface area contributed by atoms with Gasteiger partial charge in [0.1, 0.15) is 6.73 Å². The van der Waals surface area contributed by atoms with E-state index in [1.165, 1.54) is 0 Å². The number of rotatable bonds is 5. The lowest BCUT2D eigenvalue weighted by Crippen LogP contribution is -2.12. The van der Waals surface area contributed by atoms with Gasteiger partial charge < -0.3 is 10.4 Å². The molecule has 0 saturated heterocycles. The molecule has 0 amide bonds. The van der Waals surface area contributed by atoms with Crippen LogP contribution in [-0.4, -0.2) is 26.2 Å². The van der Waals surface area contributed by atoms with Gasteiger partial charge in [0.2, 0.25) is 0 Å². The molecular weight excluding hydrogens is 291 g/mol. The Kier molecular flexibility index (Phi) is 4.72. The number of carbonyl (C=O) groups is 1. The van der Waals surface area contributed by atoms with Crippen molar-refractivity contribution in [1.29, 1.82) is 0 Å². The zero-order chi connectivity index (χ0) is 14.6. The number of carboxylic acids is 1. The maximum Gasteiger partial charge on any atom is 0.416 e. The van der Waals surface area contributed by atoms with Crippen molar-refractivity contribution >= 4 is 22.6 Å². The standard InChI is InChI=1S/C9H8F3NO5S/c10-9(11,12)5-1-2-7(6(3-5)8(14)15)13-4-18-19(16)17/h1-3,13,19H,4H2,(H,14,15). The molecule has 1 aromatic carbocycles. The van der Waals surface area contributed by atoms with Gasteiger partial charge in [-0.25, -0.2) is 13.2 Å². The van der Waals surface area contributed by atoms with Gasteiger partial charge in [0.15, 0.2) is 0 Å². The summed E-state index contributed by atoms with van der Waals surface area (Å²) >= 11 is 0. The molecule has 0 aliphatic heterocycles. The number of anilines is 1.